The van der Waals surface area contributed by atoms with Crippen molar-refractivity contribution in [2.24, 2.45) is 17.3 Å². The molecule has 1 N–H and O–H groups in total. The van der Waals surface area contributed by atoms with Crippen molar-refractivity contribution in [3.8, 4) is 0 Å². The highest BCUT2D eigenvalue weighted by atomic mass is 16.5. The van der Waals surface area contributed by atoms with Gasteiger partial charge in [0.1, 0.15) is 0 Å². The van der Waals surface area contributed by atoms with Crippen molar-refractivity contribution in [3.05, 3.63) is 64.8 Å². The first-order valence-corrected chi connectivity index (χ1v) is 13.1. The van der Waals surface area contributed by atoms with E-state index in [0.717, 1.165) is 45.1 Å². The molecule has 33 heavy (non-hydrogen) atoms. The first-order chi connectivity index (χ1) is 15.8. The highest BCUT2D eigenvalue weighted by Crippen LogP contribution is 2.70. The summed E-state index contributed by atoms with van der Waals surface area (Å²) in [5, 5.41) is 10.3. The quantitative estimate of drug-likeness (QED) is 0.554. The lowest BCUT2D eigenvalue weighted by Gasteiger charge is -2.55. The van der Waals surface area contributed by atoms with Gasteiger partial charge in [-0.25, -0.2) is 0 Å². The van der Waals surface area contributed by atoms with Crippen LogP contribution >= 0.6 is 0 Å². The molecule has 4 aliphatic carbocycles. The summed E-state index contributed by atoms with van der Waals surface area (Å²) in [6.07, 6.45) is 10.7. The van der Waals surface area contributed by atoms with Crippen molar-refractivity contribution in [1.29, 1.82) is 0 Å². The minimum Gasteiger partial charge on any atom is -0.389 e. The number of rotatable bonds is 2. The van der Waals surface area contributed by atoms with Gasteiger partial charge in [-0.2, -0.15) is 0 Å². The van der Waals surface area contributed by atoms with E-state index < -0.39 is 0 Å². The van der Waals surface area contributed by atoms with E-state index in [4.69, 9.17) is 4.74 Å². The molecule has 6 rings (SSSR count). The molecular weight excluding hydrogens is 406 g/mol. The molecule has 0 aromatic heterocycles. The van der Waals surface area contributed by atoms with Crippen LogP contribution in [0.3, 0.4) is 0 Å². The van der Waals surface area contributed by atoms with Crippen molar-refractivity contribution in [1.82, 2.24) is 0 Å². The van der Waals surface area contributed by atoms with E-state index in [1.54, 1.807) is 11.1 Å². The smallest absolute Gasteiger partial charge is 0.0946 e. The van der Waals surface area contributed by atoms with Crippen LogP contribution in [-0.4, -0.2) is 37.5 Å². The number of hydrogen-bond donors (Lipinski definition) is 1. The molecular formula is C30H39NO2. The Morgan fingerprint density at radius 1 is 1.06 bits per heavy atom. The van der Waals surface area contributed by atoms with E-state index in [-0.39, 0.29) is 17.1 Å². The number of allylic oxidation sites excluding steroid dienone is 3. The summed E-state index contributed by atoms with van der Waals surface area (Å²) >= 11 is 0. The van der Waals surface area contributed by atoms with Crippen molar-refractivity contribution < 1.29 is 9.84 Å². The third kappa shape index (κ3) is 3.01. The standard InChI is InChI=1S/C30H39NO2/c1-19-14-16-33-30(19)15-13-27-25-11-7-21-17-23(32)10-12-24(21)28(25)26(18-29(27,30)2)20-5-8-22(9-6-20)31(3)4/h5-6,8-9,17,23,25-27,32H,1,7,10-16,18H2,2-4H3/t23-,25-,26+,27-,29-,30-/m0/s1. The van der Waals surface area contributed by atoms with Crippen LogP contribution in [0.5, 0.6) is 0 Å². The second-order valence-corrected chi connectivity index (χ2v) is 11.7. The molecule has 0 unspecified atom stereocenters. The predicted molar refractivity (Wildman–Crippen MR) is 134 cm³/mol. The molecule has 5 aliphatic rings. The molecule has 1 aliphatic heterocycles. The van der Waals surface area contributed by atoms with Crippen LogP contribution in [0, 0.1) is 17.3 Å². The highest BCUT2D eigenvalue weighted by Gasteiger charge is 2.65. The average molecular weight is 446 g/mol. The Morgan fingerprint density at radius 3 is 2.55 bits per heavy atom. The number of aliphatic hydroxyl groups is 1. The van der Waals surface area contributed by atoms with Crippen LogP contribution < -0.4 is 4.90 Å². The molecule has 0 amide bonds. The fourth-order valence-corrected chi connectivity index (χ4v) is 8.54. The number of aliphatic hydroxyl groups excluding tert-OH is 1. The number of nitrogens with zero attached hydrogens (tertiary/aromatic N) is 1. The molecule has 1 aromatic carbocycles. The molecule has 0 bridgehead atoms. The summed E-state index contributed by atoms with van der Waals surface area (Å²) in [4.78, 5) is 2.18. The fraction of sp³-hybridized carbons (Fsp3) is 0.600. The molecule has 3 heteroatoms. The van der Waals surface area contributed by atoms with E-state index in [9.17, 15) is 5.11 Å². The molecule has 176 valence electrons. The number of ether oxygens (including phenoxy) is 1. The highest BCUT2D eigenvalue weighted by molar-refractivity contribution is 5.52. The Bertz CT molecular complexity index is 1030. The molecule has 2 saturated carbocycles. The van der Waals surface area contributed by atoms with Crippen LogP contribution in [0.4, 0.5) is 5.69 Å². The Balaban J connectivity index is 1.50. The number of benzene rings is 1. The fourth-order valence-electron chi connectivity index (χ4n) is 8.54. The normalized spacial score (nSPS) is 39.9. The van der Waals surface area contributed by atoms with Crippen molar-refractivity contribution >= 4 is 5.69 Å². The maximum absolute atomic E-state index is 10.3. The maximum atomic E-state index is 10.3. The van der Waals surface area contributed by atoms with Crippen LogP contribution in [0.1, 0.15) is 69.8 Å². The van der Waals surface area contributed by atoms with E-state index in [1.807, 2.05) is 0 Å². The topological polar surface area (TPSA) is 32.7 Å². The van der Waals surface area contributed by atoms with Gasteiger partial charge in [0, 0.05) is 31.1 Å². The lowest BCUT2D eigenvalue weighted by Crippen LogP contribution is -2.52. The lowest BCUT2D eigenvalue weighted by atomic mass is 9.50. The molecule has 0 radical (unpaired) electrons. The van der Waals surface area contributed by atoms with E-state index >= 15 is 0 Å². The zero-order valence-corrected chi connectivity index (χ0v) is 20.6. The second kappa shape index (κ2) is 7.58. The minimum atomic E-state index is -0.266. The Hall–Kier alpha value is -1.84. The lowest BCUT2D eigenvalue weighted by molar-refractivity contribution is -0.0874. The van der Waals surface area contributed by atoms with Gasteiger partial charge in [0.15, 0.2) is 0 Å². The Kier molecular flexibility index (Phi) is 4.98. The average Bonchev–Trinajstić information content (AvgIpc) is 3.33. The van der Waals surface area contributed by atoms with Crippen molar-refractivity contribution in [2.75, 3.05) is 25.6 Å². The third-order valence-corrected chi connectivity index (χ3v) is 10.1. The van der Waals surface area contributed by atoms with Gasteiger partial charge in [0.2, 0.25) is 0 Å². The summed E-state index contributed by atoms with van der Waals surface area (Å²) in [6, 6.07) is 9.30. The molecule has 1 heterocycles. The number of anilines is 1. The van der Waals surface area contributed by atoms with Crippen molar-refractivity contribution in [3.63, 3.8) is 0 Å². The SMILES string of the molecule is C=C1CCO[C@@]12CC[C@H]1[C@@H]3CCC4=C[C@@H](O)CCC4=C3[C@@H](c3ccc(N(C)C)cc3)C[C@@]12C. The first kappa shape index (κ1) is 21.7. The Morgan fingerprint density at radius 2 is 1.85 bits per heavy atom. The zero-order chi connectivity index (χ0) is 23.0. The summed E-state index contributed by atoms with van der Waals surface area (Å²) in [5.41, 5.74) is 8.79. The third-order valence-electron chi connectivity index (χ3n) is 10.1. The second-order valence-electron chi connectivity index (χ2n) is 11.7. The zero-order valence-electron chi connectivity index (χ0n) is 20.6. The van der Waals surface area contributed by atoms with Gasteiger partial charge < -0.3 is 14.7 Å². The number of fused-ring (bicyclic) bond motifs is 5. The monoisotopic (exact) mass is 445 g/mol. The summed E-state index contributed by atoms with van der Waals surface area (Å²) in [6.45, 7) is 7.93. The van der Waals surface area contributed by atoms with Gasteiger partial charge in [-0.15, -0.1) is 0 Å². The molecule has 1 saturated heterocycles. The summed E-state index contributed by atoms with van der Waals surface area (Å²) in [7, 11) is 4.22. The van der Waals surface area contributed by atoms with Gasteiger partial charge in [-0.3, -0.25) is 0 Å². The van der Waals surface area contributed by atoms with Crippen LogP contribution in [0.25, 0.3) is 0 Å². The predicted octanol–water partition coefficient (Wildman–Crippen LogP) is 6.16. The molecule has 6 atom stereocenters. The van der Waals surface area contributed by atoms with E-state index in [2.05, 4.69) is 62.8 Å². The van der Waals surface area contributed by atoms with Crippen LogP contribution in [0.15, 0.2) is 59.2 Å². The molecule has 3 fully saturated rings. The summed E-state index contributed by atoms with van der Waals surface area (Å²) in [5.74, 6) is 1.72. The van der Waals surface area contributed by atoms with Gasteiger partial charge in [0.05, 0.1) is 18.3 Å². The van der Waals surface area contributed by atoms with Crippen molar-refractivity contribution in [2.45, 2.75) is 75.9 Å². The summed E-state index contributed by atoms with van der Waals surface area (Å²) < 4.78 is 6.65. The number of hydrogen-bond acceptors (Lipinski definition) is 3. The van der Waals surface area contributed by atoms with Gasteiger partial charge in [0.25, 0.3) is 0 Å². The Labute approximate surface area is 199 Å². The van der Waals surface area contributed by atoms with Gasteiger partial charge >= 0.3 is 0 Å². The van der Waals surface area contributed by atoms with E-state index in [0.29, 0.717) is 17.8 Å². The maximum Gasteiger partial charge on any atom is 0.0946 e. The van der Waals surface area contributed by atoms with Gasteiger partial charge in [-0.1, -0.05) is 37.3 Å². The van der Waals surface area contributed by atoms with E-state index in [1.165, 1.54) is 35.2 Å². The van der Waals surface area contributed by atoms with Gasteiger partial charge in [-0.05, 0) is 97.6 Å². The van der Waals surface area contributed by atoms with Crippen LogP contribution in [-0.2, 0) is 4.74 Å². The minimum absolute atomic E-state index is 0.130. The molecule has 1 spiro atoms. The molecule has 1 aromatic rings. The van der Waals surface area contributed by atoms with Crippen LogP contribution in [0.2, 0.25) is 0 Å². The molecule has 3 nitrogen and oxygen atoms in total. The largest absolute Gasteiger partial charge is 0.389 e. The first-order valence-electron chi connectivity index (χ1n) is 13.1.